The number of carboxylic acids is 1. The van der Waals surface area contributed by atoms with E-state index in [0.29, 0.717) is 21.6 Å². The van der Waals surface area contributed by atoms with Gasteiger partial charge in [-0.15, -0.1) is 0 Å². The number of benzene rings is 2. The zero-order valence-corrected chi connectivity index (χ0v) is 15.8. The normalized spacial score (nSPS) is 11.1. The monoisotopic (exact) mass is 435 g/mol. The highest BCUT2D eigenvalue weighted by molar-refractivity contribution is 9.10. The minimum Gasteiger partial charge on any atom is -0.478 e. The molecule has 0 atom stereocenters. The van der Waals surface area contributed by atoms with Gasteiger partial charge in [-0.25, -0.2) is 4.79 Å². The molecule has 1 N–H and O–H groups in total. The first-order chi connectivity index (χ1) is 12.0. The van der Waals surface area contributed by atoms with Crippen LogP contribution in [0.4, 0.5) is 5.69 Å². The fraction of sp³-hybridized carbons (Fsp3) is 0. The molecule has 1 heterocycles. The van der Waals surface area contributed by atoms with Crippen molar-refractivity contribution in [2.24, 2.45) is 4.99 Å². The van der Waals surface area contributed by atoms with Gasteiger partial charge in [0, 0.05) is 16.0 Å². The number of nitrogens with zero attached hydrogens (tertiary/aromatic N) is 1. The summed E-state index contributed by atoms with van der Waals surface area (Å²) in [6.07, 6.45) is 1.59. The zero-order valence-electron chi connectivity index (χ0n) is 12.6. The summed E-state index contributed by atoms with van der Waals surface area (Å²) in [6, 6.07) is 15.6. The van der Waals surface area contributed by atoms with Gasteiger partial charge >= 0.3 is 5.97 Å². The molecule has 0 aliphatic heterocycles. The standard InChI is InChI=1S/C18H11BrClNO3S/c19-16-9-14(10-21-13-5-1-11(2-6-13)17(22)23)24-18(16)25-15-7-3-12(20)4-8-15/h1-10H,(H,22,23). The fourth-order valence-electron chi connectivity index (χ4n) is 1.94. The predicted octanol–water partition coefficient (Wildman–Crippen LogP) is 6.30. The summed E-state index contributed by atoms with van der Waals surface area (Å²) in [5.74, 6) is -0.375. The number of aromatic carboxylic acids is 1. The number of hydrogen-bond acceptors (Lipinski definition) is 4. The molecule has 2 aromatic carbocycles. The highest BCUT2D eigenvalue weighted by Gasteiger charge is 2.10. The predicted molar refractivity (Wildman–Crippen MR) is 103 cm³/mol. The van der Waals surface area contributed by atoms with Gasteiger partial charge in [-0.3, -0.25) is 4.99 Å². The first-order valence-electron chi connectivity index (χ1n) is 7.11. The van der Waals surface area contributed by atoms with Crippen LogP contribution in [0.1, 0.15) is 16.1 Å². The van der Waals surface area contributed by atoms with E-state index in [1.54, 1.807) is 18.3 Å². The van der Waals surface area contributed by atoms with Crippen molar-refractivity contribution in [3.8, 4) is 0 Å². The van der Waals surface area contributed by atoms with Crippen LogP contribution in [0.2, 0.25) is 5.02 Å². The summed E-state index contributed by atoms with van der Waals surface area (Å²) < 4.78 is 6.60. The minimum atomic E-state index is -0.964. The molecule has 0 saturated heterocycles. The van der Waals surface area contributed by atoms with E-state index < -0.39 is 5.97 Å². The van der Waals surface area contributed by atoms with E-state index in [2.05, 4.69) is 20.9 Å². The Hall–Kier alpha value is -2.02. The van der Waals surface area contributed by atoms with Crippen molar-refractivity contribution >= 4 is 57.2 Å². The van der Waals surface area contributed by atoms with E-state index >= 15 is 0 Å². The Kier molecular flexibility index (Phi) is 5.63. The molecular formula is C18H11BrClNO3S. The highest BCUT2D eigenvalue weighted by Crippen LogP contribution is 2.36. The fourth-order valence-corrected chi connectivity index (χ4v) is 3.40. The molecule has 3 rings (SSSR count). The SMILES string of the molecule is O=C(O)c1ccc(N=Cc2cc(Br)c(Sc3ccc(Cl)cc3)o2)cc1. The molecule has 0 bridgehead atoms. The van der Waals surface area contributed by atoms with Gasteiger partial charge in [0.15, 0.2) is 5.09 Å². The van der Waals surface area contributed by atoms with Crippen molar-refractivity contribution in [1.29, 1.82) is 0 Å². The number of hydrogen-bond donors (Lipinski definition) is 1. The van der Waals surface area contributed by atoms with Crippen molar-refractivity contribution in [3.63, 3.8) is 0 Å². The van der Waals surface area contributed by atoms with Crippen LogP contribution < -0.4 is 0 Å². The maximum absolute atomic E-state index is 10.8. The number of carbonyl (C=O) groups is 1. The number of rotatable bonds is 5. The largest absolute Gasteiger partial charge is 0.478 e. The number of halogens is 2. The maximum Gasteiger partial charge on any atom is 0.335 e. The van der Waals surface area contributed by atoms with Crippen molar-refractivity contribution in [2.75, 3.05) is 0 Å². The van der Waals surface area contributed by atoms with Gasteiger partial charge in [0.05, 0.1) is 21.9 Å². The Bertz CT molecular complexity index is 920. The van der Waals surface area contributed by atoms with Crippen molar-refractivity contribution in [1.82, 2.24) is 0 Å². The van der Waals surface area contributed by atoms with Crippen LogP contribution >= 0.6 is 39.3 Å². The Morgan fingerprint density at radius 1 is 1.16 bits per heavy atom. The third-order valence-corrected chi connectivity index (χ3v) is 5.25. The Labute approximate surface area is 161 Å². The molecule has 0 amide bonds. The molecule has 0 unspecified atom stereocenters. The summed E-state index contributed by atoms with van der Waals surface area (Å²) in [5.41, 5.74) is 0.866. The molecule has 0 fully saturated rings. The number of furan rings is 1. The molecule has 3 aromatic rings. The highest BCUT2D eigenvalue weighted by atomic mass is 79.9. The van der Waals surface area contributed by atoms with Crippen LogP contribution in [0.3, 0.4) is 0 Å². The summed E-state index contributed by atoms with van der Waals surface area (Å²) in [4.78, 5) is 16.1. The second-order valence-corrected chi connectivity index (χ2v) is 7.29. The zero-order chi connectivity index (χ0) is 17.8. The van der Waals surface area contributed by atoms with Crippen LogP contribution in [0, 0.1) is 0 Å². The second-order valence-electron chi connectivity index (χ2n) is 4.95. The number of aliphatic imine (C=N–C) groups is 1. The van der Waals surface area contributed by atoms with E-state index in [1.165, 1.54) is 23.9 Å². The van der Waals surface area contributed by atoms with Gasteiger partial charge in [0.1, 0.15) is 5.76 Å². The lowest BCUT2D eigenvalue weighted by atomic mass is 10.2. The minimum absolute atomic E-state index is 0.223. The Balaban J connectivity index is 1.73. The molecule has 4 nitrogen and oxygen atoms in total. The number of carboxylic acid groups (broad SMARTS) is 1. The van der Waals surface area contributed by atoms with Crippen molar-refractivity contribution in [2.45, 2.75) is 9.99 Å². The molecule has 0 saturated carbocycles. The van der Waals surface area contributed by atoms with E-state index in [4.69, 9.17) is 21.1 Å². The van der Waals surface area contributed by atoms with Crippen LogP contribution in [0.15, 0.2) is 78.5 Å². The van der Waals surface area contributed by atoms with Gasteiger partial charge in [0.2, 0.25) is 0 Å². The van der Waals surface area contributed by atoms with E-state index in [1.807, 2.05) is 30.3 Å². The van der Waals surface area contributed by atoms with Gasteiger partial charge in [-0.1, -0.05) is 23.4 Å². The molecule has 1 aromatic heterocycles. The van der Waals surface area contributed by atoms with E-state index in [0.717, 1.165) is 9.37 Å². The first kappa shape index (κ1) is 17.8. The average Bonchev–Trinajstić information content (AvgIpc) is 2.95. The van der Waals surface area contributed by atoms with Crippen LogP contribution in [-0.4, -0.2) is 17.3 Å². The lowest BCUT2D eigenvalue weighted by molar-refractivity contribution is 0.0697. The van der Waals surface area contributed by atoms with Crippen molar-refractivity contribution < 1.29 is 14.3 Å². The molecular weight excluding hydrogens is 426 g/mol. The smallest absolute Gasteiger partial charge is 0.335 e. The van der Waals surface area contributed by atoms with E-state index in [-0.39, 0.29) is 5.56 Å². The summed E-state index contributed by atoms with van der Waals surface area (Å²) in [7, 11) is 0. The van der Waals surface area contributed by atoms with Gasteiger partial charge < -0.3 is 9.52 Å². The van der Waals surface area contributed by atoms with Gasteiger partial charge in [-0.05, 0) is 64.5 Å². The Morgan fingerprint density at radius 2 is 1.84 bits per heavy atom. The molecule has 0 aliphatic rings. The second kappa shape index (κ2) is 7.91. The van der Waals surface area contributed by atoms with E-state index in [9.17, 15) is 4.79 Å². The summed E-state index contributed by atoms with van der Waals surface area (Å²) in [5, 5.41) is 10.3. The van der Waals surface area contributed by atoms with Crippen LogP contribution in [0.5, 0.6) is 0 Å². The topological polar surface area (TPSA) is 62.8 Å². The quantitative estimate of drug-likeness (QED) is 0.477. The third-order valence-electron chi connectivity index (χ3n) is 3.15. The third kappa shape index (κ3) is 4.75. The molecule has 0 spiro atoms. The summed E-state index contributed by atoms with van der Waals surface area (Å²) >= 11 is 10.8. The molecule has 126 valence electrons. The van der Waals surface area contributed by atoms with Gasteiger partial charge in [-0.2, -0.15) is 0 Å². The average molecular weight is 437 g/mol. The molecule has 7 heteroatoms. The Morgan fingerprint density at radius 3 is 2.48 bits per heavy atom. The van der Waals surface area contributed by atoms with Crippen LogP contribution in [0.25, 0.3) is 0 Å². The maximum atomic E-state index is 10.8. The molecule has 25 heavy (non-hydrogen) atoms. The lowest BCUT2D eigenvalue weighted by Gasteiger charge is -1.98. The van der Waals surface area contributed by atoms with Crippen molar-refractivity contribution in [3.05, 3.63) is 75.4 Å². The summed E-state index contributed by atoms with van der Waals surface area (Å²) in [6.45, 7) is 0. The lowest BCUT2D eigenvalue weighted by Crippen LogP contribution is -1.94. The van der Waals surface area contributed by atoms with Gasteiger partial charge in [0.25, 0.3) is 0 Å². The molecule has 0 aliphatic carbocycles. The first-order valence-corrected chi connectivity index (χ1v) is 9.10. The van der Waals surface area contributed by atoms with Crippen LogP contribution in [-0.2, 0) is 0 Å². The molecule has 0 radical (unpaired) electrons.